The number of nitriles is 1. The first kappa shape index (κ1) is 12.4. The van der Waals surface area contributed by atoms with Crippen molar-refractivity contribution in [1.29, 1.82) is 5.26 Å². The molecule has 0 aromatic carbocycles. The van der Waals surface area contributed by atoms with Gasteiger partial charge < -0.3 is 10.4 Å². The zero-order chi connectivity index (χ0) is 13.7. The van der Waals surface area contributed by atoms with Crippen LogP contribution < -0.4 is 5.32 Å². The largest absolute Gasteiger partial charge is 0.476 e. The molecule has 0 bridgehead atoms. The Labute approximate surface area is 107 Å². The van der Waals surface area contributed by atoms with E-state index in [1.807, 2.05) is 6.07 Å². The Morgan fingerprint density at radius 3 is 3.11 bits per heavy atom. The molecule has 0 amide bonds. The molecule has 0 spiro atoms. The smallest absolute Gasteiger partial charge is 0.358 e. The van der Waals surface area contributed by atoms with Crippen LogP contribution in [-0.4, -0.2) is 42.6 Å². The number of hydrogen-bond donors (Lipinski definition) is 2. The van der Waals surface area contributed by atoms with Crippen molar-refractivity contribution in [2.24, 2.45) is 0 Å². The van der Waals surface area contributed by atoms with Gasteiger partial charge in [-0.1, -0.05) is 5.21 Å². The highest BCUT2D eigenvalue weighted by molar-refractivity contribution is 5.84. The van der Waals surface area contributed by atoms with Crippen LogP contribution >= 0.6 is 0 Å². The molecular formula is C10H9N7O2. The van der Waals surface area contributed by atoms with Crippen molar-refractivity contribution in [2.45, 2.75) is 6.54 Å². The van der Waals surface area contributed by atoms with Gasteiger partial charge in [-0.2, -0.15) is 5.26 Å². The van der Waals surface area contributed by atoms with E-state index in [-0.39, 0.29) is 11.4 Å². The topological polar surface area (TPSA) is 130 Å². The van der Waals surface area contributed by atoms with Gasteiger partial charge in [0.25, 0.3) is 0 Å². The molecule has 0 aliphatic rings. The summed E-state index contributed by atoms with van der Waals surface area (Å²) in [4.78, 5) is 18.5. The Hall–Kier alpha value is -3.02. The summed E-state index contributed by atoms with van der Waals surface area (Å²) in [5.41, 5.74) is 0.161. The molecule has 0 saturated heterocycles. The Balaban J connectivity index is 1.89. The van der Waals surface area contributed by atoms with Crippen molar-refractivity contribution in [2.75, 3.05) is 11.9 Å². The van der Waals surface area contributed by atoms with E-state index < -0.39 is 5.97 Å². The number of nitrogens with zero attached hydrogens (tertiary/aromatic N) is 6. The fourth-order valence-corrected chi connectivity index (χ4v) is 1.29. The summed E-state index contributed by atoms with van der Waals surface area (Å²) < 4.78 is 1.39. The van der Waals surface area contributed by atoms with Crippen molar-refractivity contribution in [3.63, 3.8) is 0 Å². The Morgan fingerprint density at radius 1 is 1.58 bits per heavy atom. The monoisotopic (exact) mass is 259 g/mol. The van der Waals surface area contributed by atoms with Crippen LogP contribution in [0.25, 0.3) is 0 Å². The minimum atomic E-state index is -1.12. The molecule has 0 saturated carbocycles. The van der Waals surface area contributed by atoms with E-state index in [0.717, 1.165) is 0 Å². The first-order valence-corrected chi connectivity index (χ1v) is 5.29. The molecule has 2 heterocycles. The number of nitrogens with one attached hydrogen (secondary N) is 1. The van der Waals surface area contributed by atoms with E-state index in [1.54, 1.807) is 0 Å². The van der Waals surface area contributed by atoms with Crippen LogP contribution in [0.15, 0.2) is 18.5 Å². The first-order chi connectivity index (χ1) is 9.19. The van der Waals surface area contributed by atoms with Gasteiger partial charge in [0, 0.05) is 12.7 Å². The average Bonchev–Trinajstić information content (AvgIpc) is 2.88. The van der Waals surface area contributed by atoms with Gasteiger partial charge >= 0.3 is 5.97 Å². The molecule has 0 fully saturated rings. The Bertz CT molecular complexity index is 631. The average molecular weight is 259 g/mol. The minimum Gasteiger partial charge on any atom is -0.476 e. The zero-order valence-corrected chi connectivity index (χ0v) is 9.69. The molecule has 2 N–H and O–H groups in total. The number of carbonyl (C=O) groups is 1. The second-order valence-electron chi connectivity index (χ2n) is 3.48. The maximum atomic E-state index is 10.6. The number of aromatic nitrogens is 5. The van der Waals surface area contributed by atoms with Crippen LogP contribution in [0.4, 0.5) is 5.95 Å². The lowest BCUT2D eigenvalue weighted by atomic mass is 10.4. The van der Waals surface area contributed by atoms with Gasteiger partial charge in [-0.25, -0.2) is 19.4 Å². The first-order valence-electron chi connectivity index (χ1n) is 5.29. The summed E-state index contributed by atoms with van der Waals surface area (Å²) in [6.07, 6.45) is 2.81. The number of rotatable bonds is 5. The molecule has 0 atom stereocenters. The lowest BCUT2D eigenvalue weighted by molar-refractivity contribution is 0.0690. The molecule has 0 aliphatic heterocycles. The van der Waals surface area contributed by atoms with Gasteiger partial charge in [0.15, 0.2) is 5.69 Å². The molecule has 9 heteroatoms. The van der Waals surface area contributed by atoms with Crippen LogP contribution in [0.5, 0.6) is 0 Å². The van der Waals surface area contributed by atoms with Crippen LogP contribution in [0.3, 0.4) is 0 Å². The molecule has 0 radical (unpaired) electrons. The third kappa shape index (κ3) is 3.22. The predicted octanol–water partition coefficient (Wildman–Crippen LogP) is -0.250. The summed E-state index contributed by atoms with van der Waals surface area (Å²) in [5, 5.41) is 27.4. The van der Waals surface area contributed by atoms with Crippen LogP contribution in [0.1, 0.15) is 16.2 Å². The van der Waals surface area contributed by atoms with Gasteiger partial charge in [-0.15, -0.1) is 5.10 Å². The fraction of sp³-hybridized carbons (Fsp3) is 0.200. The minimum absolute atomic E-state index is 0.109. The highest BCUT2D eigenvalue weighted by atomic mass is 16.4. The highest BCUT2D eigenvalue weighted by Gasteiger charge is 2.07. The number of hydrogen-bond acceptors (Lipinski definition) is 7. The fourth-order valence-electron chi connectivity index (χ4n) is 1.29. The Kier molecular flexibility index (Phi) is 3.63. The SMILES string of the molecule is N#Cc1ccnc(NCCn2cc(C(=O)O)nn2)n1. The lowest BCUT2D eigenvalue weighted by Crippen LogP contribution is -2.13. The van der Waals surface area contributed by atoms with E-state index in [4.69, 9.17) is 10.4 Å². The van der Waals surface area contributed by atoms with Gasteiger partial charge in [0.1, 0.15) is 11.8 Å². The maximum Gasteiger partial charge on any atom is 0.358 e. The van der Waals surface area contributed by atoms with Crippen LogP contribution in [0.2, 0.25) is 0 Å². The van der Waals surface area contributed by atoms with Gasteiger partial charge in [0.05, 0.1) is 12.7 Å². The molecule has 19 heavy (non-hydrogen) atoms. The summed E-state index contributed by atoms with van der Waals surface area (Å²) >= 11 is 0. The number of anilines is 1. The van der Waals surface area contributed by atoms with Gasteiger partial charge in [-0.05, 0) is 6.07 Å². The second-order valence-corrected chi connectivity index (χ2v) is 3.48. The number of aromatic carboxylic acids is 1. The molecular weight excluding hydrogens is 250 g/mol. The molecule has 2 aromatic heterocycles. The summed E-state index contributed by atoms with van der Waals surface area (Å²) in [6.45, 7) is 0.831. The quantitative estimate of drug-likeness (QED) is 0.751. The summed E-state index contributed by atoms with van der Waals surface area (Å²) in [6, 6.07) is 3.41. The molecule has 96 valence electrons. The van der Waals surface area contributed by atoms with Crippen molar-refractivity contribution in [3.8, 4) is 6.07 Å². The number of carboxylic acid groups (broad SMARTS) is 1. The van der Waals surface area contributed by atoms with Crippen LogP contribution in [0, 0.1) is 11.3 Å². The summed E-state index contributed by atoms with van der Waals surface area (Å²) in [5.74, 6) is -0.790. The van der Waals surface area contributed by atoms with E-state index in [9.17, 15) is 4.79 Å². The van der Waals surface area contributed by atoms with E-state index in [0.29, 0.717) is 19.0 Å². The second kappa shape index (κ2) is 5.54. The normalized spacial score (nSPS) is 9.84. The third-order valence-corrected chi connectivity index (χ3v) is 2.15. The van der Waals surface area contributed by atoms with Gasteiger partial charge in [0.2, 0.25) is 5.95 Å². The Morgan fingerprint density at radius 2 is 2.42 bits per heavy atom. The molecule has 0 aliphatic carbocycles. The number of carboxylic acids is 1. The van der Waals surface area contributed by atoms with E-state index in [1.165, 1.54) is 23.1 Å². The van der Waals surface area contributed by atoms with Crippen molar-refractivity contribution < 1.29 is 9.90 Å². The van der Waals surface area contributed by atoms with Crippen molar-refractivity contribution >= 4 is 11.9 Å². The zero-order valence-electron chi connectivity index (χ0n) is 9.69. The predicted molar refractivity (Wildman–Crippen MR) is 62.2 cm³/mol. The maximum absolute atomic E-state index is 10.6. The standard InChI is InChI=1S/C10H9N7O2/c11-5-7-1-2-12-10(14-7)13-3-4-17-6-8(9(18)19)15-16-17/h1-2,6H,3-4H2,(H,18,19)(H,12,13,14). The lowest BCUT2D eigenvalue weighted by Gasteiger charge is -2.03. The highest BCUT2D eigenvalue weighted by Crippen LogP contribution is 1.99. The van der Waals surface area contributed by atoms with Crippen molar-refractivity contribution in [1.82, 2.24) is 25.0 Å². The molecule has 2 aromatic rings. The molecule has 2 rings (SSSR count). The van der Waals surface area contributed by atoms with E-state index >= 15 is 0 Å². The summed E-state index contributed by atoms with van der Waals surface area (Å²) in [7, 11) is 0. The molecule has 9 nitrogen and oxygen atoms in total. The van der Waals surface area contributed by atoms with E-state index in [2.05, 4.69) is 25.6 Å². The van der Waals surface area contributed by atoms with Crippen LogP contribution in [-0.2, 0) is 6.54 Å². The van der Waals surface area contributed by atoms with Crippen molar-refractivity contribution in [3.05, 3.63) is 29.8 Å². The molecule has 0 unspecified atom stereocenters. The third-order valence-electron chi connectivity index (χ3n) is 2.15. The van der Waals surface area contributed by atoms with Gasteiger partial charge in [-0.3, -0.25) is 0 Å².